The number of aliphatic hydroxyl groups excluding tert-OH is 1. The second-order valence-electron chi connectivity index (χ2n) is 9.30. The minimum atomic E-state index is -0.104. The van der Waals surface area contributed by atoms with E-state index in [9.17, 15) is 14.7 Å². The van der Waals surface area contributed by atoms with Gasteiger partial charge in [0.1, 0.15) is 11.5 Å². The van der Waals surface area contributed by atoms with E-state index in [4.69, 9.17) is 4.52 Å². The summed E-state index contributed by atoms with van der Waals surface area (Å²) >= 11 is 0. The topological polar surface area (TPSA) is 92.8 Å². The molecule has 2 aliphatic rings. The van der Waals surface area contributed by atoms with E-state index in [-0.39, 0.29) is 35.6 Å². The maximum atomic E-state index is 13.0. The molecule has 2 aromatic carbocycles. The van der Waals surface area contributed by atoms with Crippen LogP contribution in [0.15, 0.2) is 81.5 Å². The number of aryl methyl sites for hydroxylation is 1. The Labute approximate surface area is 204 Å². The third kappa shape index (κ3) is 4.61. The number of allylic oxidation sites excluding steroid dienone is 2. The number of ketones is 2. The first-order valence-electron chi connectivity index (χ1n) is 12.1. The average Bonchev–Trinajstić information content (AvgIpc) is 3.31. The SMILES string of the molecule is CN=C1CC(c2ccccc2)CC(=O)/C1=C(\O)CCc1noc2c1C(=O)CC(c1ccccc1)C2. The van der Waals surface area contributed by atoms with Crippen molar-refractivity contribution in [1.82, 2.24) is 5.16 Å². The van der Waals surface area contributed by atoms with Gasteiger partial charge in [-0.25, -0.2) is 0 Å². The number of hydrogen-bond donors (Lipinski definition) is 1. The molecular formula is C29H28N2O4. The largest absolute Gasteiger partial charge is 0.511 e. The zero-order valence-corrected chi connectivity index (χ0v) is 19.7. The zero-order valence-electron chi connectivity index (χ0n) is 19.7. The highest BCUT2D eigenvalue weighted by Crippen LogP contribution is 2.36. The molecule has 0 amide bonds. The number of fused-ring (bicyclic) bond motifs is 1. The summed E-state index contributed by atoms with van der Waals surface area (Å²) in [5.41, 5.74) is 4.23. The van der Waals surface area contributed by atoms with Gasteiger partial charge in [0.05, 0.1) is 16.8 Å². The van der Waals surface area contributed by atoms with Gasteiger partial charge in [-0.05, 0) is 29.4 Å². The predicted molar refractivity (Wildman–Crippen MR) is 133 cm³/mol. The van der Waals surface area contributed by atoms with E-state index in [1.54, 1.807) is 7.05 Å². The Bertz CT molecular complexity index is 1300. The van der Waals surface area contributed by atoms with Gasteiger partial charge >= 0.3 is 0 Å². The van der Waals surface area contributed by atoms with Crippen LogP contribution in [0.3, 0.4) is 0 Å². The van der Waals surface area contributed by atoms with Crippen molar-refractivity contribution in [3.8, 4) is 0 Å². The van der Waals surface area contributed by atoms with E-state index in [1.807, 2.05) is 60.7 Å². The molecule has 3 aromatic rings. The number of nitrogens with zero attached hydrogens (tertiary/aromatic N) is 2. The van der Waals surface area contributed by atoms with Crippen molar-refractivity contribution in [2.45, 2.75) is 50.4 Å². The molecule has 6 heteroatoms. The molecule has 1 fully saturated rings. The molecule has 178 valence electrons. The molecule has 2 aliphatic carbocycles. The fourth-order valence-electron chi connectivity index (χ4n) is 5.32. The van der Waals surface area contributed by atoms with Crippen molar-refractivity contribution < 1.29 is 19.2 Å². The Morgan fingerprint density at radius 2 is 1.51 bits per heavy atom. The maximum absolute atomic E-state index is 13.0. The summed E-state index contributed by atoms with van der Waals surface area (Å²) in [6.07, 6.45) is 2.49. The molecular weight excluding hydrogens is 440 g/mol. The summed E-state index contributed by atoms with van der Waals surface area (Å²) in [5, 5.41) is 15.1. The van der Waals surface area contributed by atoms with Crippen molar-refractivity contribution in [1.29, 1.82) is 0 Å². The van der Waals surface area contributed by atoms with Crippen molar-refractivity contribution in [3.05, 3.63) is 100 Å². The molecule has 6 nitrogen and oxygen atoms in total. The van der Waals surface area contributed by atoms with E-state index in [0.29, 0.717) is 60.4 Å². The molecule has 0 radical (unpaired) electrons. The van der Waals surface area contributed by atoms with Gasteiger partial charge in [-0.15, -0.1) is 0 Å². The lowest BCUT2D eigenvalue weighted by Gasteiger charge is -2.25. The minimum absolute atomic E-state index is 0.00396. The van der Waals surface area contributed by atoms with Crippen molar-refractivity contribution >= 4 is 17.3 Å². The monoisotopic (exact) mass is 468 g/mol. The van der Waals surface area contributed by atoms with E-state index in [0.717, 1.165) is 11.1 Å². The van der Waals surface area contributed by atoms with Crippen molar-refractivity contribution in [2.75, 3.05) is 7.05 Å². The van der Waals surface area contributed by atoms with E-state index in [1.165, 1.54) is 0 Å². The lowest BCUT2D eigenvalue weighted by molar-refractivity contribution is -0.116. The smallest absolute Gasteiger partial charge is 0.168 e. The fraction of sp³-hybridized carbons (Fsp3) is 0.310. The molecule has 0 spiro atoms. The number of aromatic nitrogens is 1. The second-order valence-corrected chi connectivity index (χ2v) is 9.30. The number of benzene rings is 2. The normalized spacial score (nSPS) is 22.8. The number of hydrogen-bond acceptors (Lipinski definition) is 6. The number of aliphatic imine (C=N–C) groups is 1. The summed E-state index contributed by atoms with van der Waals surface area (Å²) < 4.78 is 5.55. The third-order valence-electron chi connectivity index (χ3n) is 7.11. The first-order chi connectivity index (χ1) is 17.0. The van der Waals surface area contributed by atoms with Crippen LogP contribution in [-0.2, 0) is 17.6 Å². The molecule has 2 atom stereocenters. The Kier molecular flexibility index (Phi) is 6.45. The molecule has 0 saturated heterocycles. The number of carbonyl (C=O) groups is 2. The molecule has 0 aliphatic heterocycles. The van der Waals surface area contributed by atoms with Crippen LogP contribution in [-0.4, -0.2) is 34.6 Å². The molecule has 5 rings (SSSR count). The lowest BCUT2D eigenvalue weighted by atomic mass is 9.78. The van der Waals surface area contributed by atoms with Gasteiger partial charge in [-0.1, -0.05) is 65.8 Å². The van der Waals surface area contributed by atoms with E-state index >= 15 is 0 Å². The Morgan fingerprint density at radius 1 is 0.914 bits per heavy atom. The van der Waals surface area contributed by atoms with Crippen LogP contribution < -0.4 is 0 Å². The number of aliphatic hydroxyl groups is 1. The summed E-state index contributed by atoms with van der Waals surface area (Å²) in [6.45, 7) is 0. The summed E-state index contributed by atoms with van der Waals surface area (Å²) in [5.74, 6) is 0.646. The van der Waals surface area contributed by atoms with Crippen LogP contribution in [0.4, 0.5) is 0 Å². The third-order valence-corrected chi connectivity index (χ3v) is 7.11. The van der Waals surface area contributed by atoms with Crippen LogP contribution in [0.1, 0.15) is 70.5 Å². The maximum Gasteiger partial charge on any atom is 0.168 e. The molecule has 1 heterocycles. The minimum Gasteiger partial charge on any atom is -0.511 e. The zero-order chi connectivity index (χ0) is 24.4. The van der Waals surface area contributed by atoms with Crippen molar-refractivity contribution in [2.24, 2.45) is 4.99 Å². The first kappa shape index (κ1) is 23.0. The van der Waals surface area contributed by atoms with Crippen LogP contribution in [0.25, 0.3) is 0 Å². The fourth-order valence-corrected chi connectivity index (χ4v) is 5.32. The highest BCUT2D eigenvalue weighted by atomic mass is 16.5. The number of rotatable bonds is 5. The van der Waals surface area contributed by atoms with Gasteiger partial charge in [0.25, 0.3) is 0 Å². The molecule has 0 bridgehead atoms. The van der Waals surface area contributed by atoms with Crippen LogP contribution >= 0.6 is 0 Å². The average molecular weight is 469 g/mol. The Hall–Kier alpha value is -3.80. The number of Topliss-reactive ketones (excluding diaryl/α,β-unsaturated/α-hetero) is 2. The van der Waals surface area contributed by atoms with Crippen LogP contribution in [0, 0.1) is 0 Å². The van der Waals surface area contributed by atoms with Gasteiger partial charge in [0.2, 0.25) is 0 Å². The molecule has 2 unspecified atom stereocenters. The summed E-state index contributed by atoms with van der Waals surface area (Å²) in [7, 11) is 1.65. The Morgan fingerprint density at radius 3 is 2.14 bits per heavy atom. The van der Waals surface area contributed by atoms with Gasteiger partial charge in [0, 0.05) is 44.9 Å². The van der Waals surface area contributed by atoms with Gasteiger partial charge in [0.15, 0.2) is 11.6 Å². The predicted octanol–water partition coefficient (Wildman–Crippen LogP) is 5.55. The Balaban J connectivity index is 1.31. The van der Waals surface area contributed by atoms with Crippen molar-refractivity contribution in [3.63, 3.8) is 0 Å². The second kappa shape index (κ2) is 9.82. The molecule has 1 N–H and O–H groups in total. The van der Waals surface area contributed by atoms with Gasteiger partial charge < -0.3 is 9.63 Å². The summed E-state index contributed by atoms with van der Waals surface area (Å²) in [6, 6.07) is 19.9. The number of carbonyl (C=O) groups excluding carboxylic acids is 2. The molecule has 1 aromatic heterocycles. The highest BCUT2D eigenvalue weighted by Gasteiger charge is 2.34. The summed E-state index contributed by atoms with van der Waals surface area (Å²) in [4.78, 5) is 30.3. The standard InChI is InChI=1S/C29H28N2O4/c1-30-23-14-20(18-8-4-2-5-9-18)15-25(33)28(23)24(32)13-12-22-29-26(34)16-21(17-27(29)35-31-22)19-10-6-3-7-11-19/h2-11,20-21,32H,12-17H2,1H3/b28-24-,30-23?. The molecule has 35 heavy (non-hydrogen) atoms. The van der Waals surface area contributed by atoms with Crippen LogP contribution in [0.5, 0.6) is 0 Å². The highest BCUT2D eigenvalue weighted by molar-refractivity contribution is 6.24. The van der Waals surface area contributed by atoms with Gasteiger partial charge in [-0.2, -0.15) is 0 Å². The quantitative estimate of drug-likeness (QED) is 0.391. The van der Waals surface area contributed by atoms with Crippen LogP contribution in [0.2, 0.25) is 0 Å². The first-order valence-corrected chi connectivity index (χ1v) is 12.1. The van der Waals surface area contributed by atoms with E-state index < -0.39 is 0 Å². The lowest BCUT2D eigenvalue weighted by Crippen LogP contribution is -2.26. The molecule has 1 saturated carbocycles. The van der Waals surface area contributed by atoms with Gasteiger partial charge in [-0.3, -0.25) is 14.6 Å². The van der Waals surface area contributed by atoms with E-state index in [2.05, 4.69) is 10.1 Å².